The maximum atomic E-state index is 13.0. The number of aromatic nitrogens is 2. The molecule has 3 N–H and O–H groups in total. The van der Waals surface area contributed by atoms with Gasteiger partial charge in [0.05, 0.1) is 17.1 Å². The topological polar surface area (TPSA) is 88.3 Å². The zero-order valence-corrected chi connectivity index (χ0v) is 15.8. The Kier molecular flexibility index (Phi) is 5.06. The first kappa shape index (κ1) is 18.3. The van der Waals surface area contributed by atoms with Crippen LogP contribution in [0.1, 0.15) is 43.7 Å². The first-order valence-corrected chi connectivity index (χ1v) is 9.93. The van der Waals surface area contributed by atoms with Gasteiger partial charge in [-0.2, -0.15) is 0 Å². The van der Waals surface area contributed by atoms with E-state index in [2.05, 4.69) is 16.7 Å². The van der Waals surface area contributed by atoms with Crippen LogP contribution in [0, 0.1) is 5.92 Å². The van der Waals surface area contributed by atoms with E-state index in [1.165, 1.54) is 18.4 Å². The second-order valence-electron chi connectivity index (χ2n) is 7.85. The fourth-order valence-electron chi connectivity index (χ4n) is 4.61. The average molecular weight is 372 g/mol. The van der Waals surface area contributed by atoms with Gasteiger partial charge in [0.1, 0.15) is 6.23 Å². The fourth-order valence-corrected chi connectivity index (χ4v) is 4.61. The smallest absolute Gasteiger partial charge is 0.329 e. The molecule has 27 heavy (non-hydrogen) atoms. The van der Waals surface area contributed by atoms with E-state index in [0.29, 0.717) is 12.8 Å². The third-order valence-corrected chi connectivity index (χ3v) is 6.14. The van der Waals surface area contributed by atoms with Crippen LogP contribution in [0.2, 0.25) is 0 Å². The number of carbonyl (C=O) groups is 1. The number of para-hydroxylation sites is 1. The summed E-state index contributed by atoms with van der Waals surface area (Å²) in [6, 6.07) is 5.60. The minimum Gasteiger partial charge on any atom is -0.372 e. The van der Waals surface area contributed by atoms with E-state index in [1.807, 2.05) is 12.1 Å². The van der Waals surface area contributed by atoms with Crippen molar-refractivity contribution < 1.29 is 9.90 Å². The van der Waals surface area contributed by atoms with Crippen LogP contribution in [0.4, 0.5) is 0 Å². The summed E-state index contributed by atoms with van der Waals surface area (Å²) < 4.78 is 3.35. The van der Waals surface area contributed by atoms with E-state index < -0.39 is 12.3 Å². The molecular formula is C20H28N4O3. The molecule has 2 saturated heterocycles. The van der Waals surface area contributed by atoms with Crippen molar-refractivity contribution in [1.29, 1.82) is 0 Å². The van der Waals surface area contributed by atoms with Crippen molar-refractivity contribution >= 4 is 16.9 Å². The van der Waals surface area contributed by atoms with Gasteiger partial charge in [-0.05, 0) is 62.7 Å². The summed E-state index contributed by atoms with van der Waals surface area (Å²) in [5.41, 5.74) is 2.82. The van der Waals surface area contributed by atoms with E-state index >= 15 is 0 Å². The second kappa shape index (κ2) is 7.48. The number of rotatable bonds is 4. The van der Waals surface area contributed by atoms with Crippen LogP contribution >= 0.6 is 0 Å². The molecule has 0 spiro atoms. The van der Waals surface area contributed by atoms with Crippen molar-refractivity contribution in [3.8, 4) is 0 Å². The van der Waals surface area contributed by atoms with E-state index in [9.17, 15) is 14.7 Å². The maximum Gasteiger partial charge on any atom is 0.329 e. The Morgan fingerprint density at radius 2 is 1.96 bits per heavy atom. The van der Waals surface area contributed by atoms with Gasteiger partial charge in [-0.15, -0.1) is 0 Å². The van der Waals surface area contributed by atoms with Gasteiger partial charge in [0.25, 0.3) is 0 Å². The Hall–Kier alpha value is -2.12. The lowest BCUT2D eigenvalue weighted by molar-refractivity contribution is -0.128. The zero-order chi connectivity index (χ0) is 19.0. The van der Waals surface area contributed by atoms with Crippen LogP contribution in [-0.2, 0) is 18.3 Å². The van der Waals surface area contributed by atoms with Crippen molar-refractivity contribution in [2.75, 3.05) is 13.1 Å². The van der Waals surface area contributed by atoms with Crippen molar-refractivity contribution in [2.45, 2.75) is 50.8 Å². The average Bonchev–Trinajstić information content (AvgIpc) is 2.93. The van der Waals surface area contributed by atoms with Gasteiger partial charge in [0.2, 0.25) is 5.91 Å². The van der Waals surface area contributed by atoms with E-state index in [-0.39, 0.29) is 11.6 Å². The molecule has 0 bridgehead atoms. The number of nitrogens with one attached hydrogen (secondary N) is 2. The predicted molar refractivity (Wildman–Crippen MR) is 104 cm³/mol. The number of nitrogens with zero attached hydrogens (tertiary/aromatic N) is 2. The fraction of sp³-hybridized carbons (Fsp3) is 0.600. The number of fused-ring (bicyclic) bond motifs is 1. The van der Waals surface area contributed by atoms with Gasteiger partial charge in [-0.3, -0.25) is 13.9 Å². The van der Waals surface area contributed by atoms with E-state index in [1.54, 1.807) is 16.2 Å². The first-order chi connectivity index (χ1) is 13.1. The molecule has 146 valence electrons. The lowest BCUT2D eigenvalue weighted by Gasteiger charge is -2.29. The van der Waals surface area contributed by atoms with Crippen LogP contribution in [0.3, 0.4) is 0 Å². The summed E-state index contributed by atoms with van der Waals surface area (Å²) >= 11 is 0. The molecule has 2 atom stereocenters. The van der Waals surface area contributed by atoms with Gasteiger partial charge in [-0.25, -0.2) is 4.79 Å². The quantitative estimate of drug-likeness (QED) is 0.748. The molecule has 2 aliphatic rings. The largest absolute Gasteiger partial charge is 0.372 e. The Labute approximate surface area is 158 Å². The zero-order valence-electron chi connectivity index (χ0n) is 15.8. The van der Waals surface area contributed by atoms with Gasteiger partial charge >= 0.3 is 5.69 Å². The van der Waals surface area contributed by atoms with Crippen molar-refractivity contribution in [2.24, 2.45) is 13.0 Å². The van der Waals surface area contributed by atoms with Crippen LogP contribution in [0.5, 0.6) is 0 Å². The number of aliphatic hydroxyl groups excluding tert-OH is 1. The summed E-state index contributed by atoms with van der Waals surface area (Å²) in [4.78, 5) is 24.5. The van der Waals surface area contributed by atoms with Crippen LogP contribution in [0.25, 0.3) is 11.0 Å². The SMILES string of the molecule is Cn1c(=O)n(C2CCC(=O)NC2O)c2cccc(CCC3CCNCC3)c21. The highest BCUT2D eigenvalue weighted by molar-refractivity contribution is 5.80. The molecule has 2 unspecified atom stereocenters. The number of aryl methyl sites for hydroxylation is 2. The monoisotopic (exact) mass is 372 g/mol. The van der Waals surface area contributed by atoms with Crippen molar-refractivity contribution in [3.63, 3.8) is 0 Å². The Balaban J connectivity index is 1.67. The van der Waals surface area contributed by atoms with Crippen LogP contribution in [0.15, 0.2) is 23.0 Å². The number of carbonyl (C=O) groups excluding carboxylic acids is 1. The van der Waals surface area contributed by atoms with Crippen molar-refractivity contribution in [3.05, 3.63) is 34.2 Å². The number of piperidine rings is 2. The Morgan fingerprint density at radius 1 is 1.19 bits per heavy atom. The highest BCUT2D eigenvalue weighted by Gasteiger charge is 2.31. The van der Waals surface area contributed by atoms with Gasteiger partial charge in [-0.1, -0.05) is 12.1 Å². The highest BCUT2D eigenvalue weighted by atomic mass is 16.3. The van der Waals surface area contributed by atoms with Crippen LogP contribution in [-0.4, -0.2) is 39.5 Å². The summed E-state index contributed by atoms with van der Waals surface area (Å²) in [6.07, 6.45) is 4.25. The molecule has 1 aromatic carbocycles. The molecule has 0 saturated carbocycles. The molecule has 2 aromatic rings. The number of hydrogen-bond acceptors (Lipinski definition) is 4. The third-order valence-electron chi connectivity index (χ3n) is 6.14. The third kappa shape index (κ3) is 3.41. The minimum absolute atomic E-state index is 0.139. The Morgan fingerprint density at radius 3 is 2.70 bits per heavy atom. The predicted octanol–water partition coefficient (Wildman–Crippen LogP) is 1.04. The minimum atomic E-state index is -1.03. The van der Waals surface area contributed by atoms with E-state index in [4.69, 9.17) is 0 Å². The molecule has 0 aliphatic carbocycles. The first-order valence-electron chi connectivity index (χ1n) is 9.93. The van der Waals surface area contributed by atoms with Crippen LogP contribution < -0.4 is 16.3 Å². The molecule has 2 fully saturated rings. The number of benzene rings is 1. The molecule has 7 nitrogen and oxygen atoms in total. The summed E-state index contributed by atoms with van der Waals surface area (Å²) in [5.74, 6) is 0.561. The summed E-state index contributed by atoms with van der Waals surface area (Å²) in [6.45, 7) is 2.18. The number of amides is 1. The van der Waals surface area contributed by atoms with Crippen molar-refractivity contribution in [1.82, 2.24) is 19.8 Å². The molecular weight excluding hydrogens is 344 g/mol. The summed E-state index contributed by atoms with van der Waals surface area (Å²) in [5, 5.41) is 16.3. The molecule has 3 heterocycles. The van der Waals surface area contributed by atoms with Gasteiger partial charge in [0.15, 0.2) is 0 Å². The lowest BCUT2D eigenvalue weighted by Crippen LogP contribution is -2.47. The Bertz CT molecular complexity index is 894. The normalized spacial score (nSPS) is 24.3. The molecule has 1 aromatic heterocycles. The number of imidazole rings is 1. The number of hydrogen-bond donors (Lipinski definition) is 3. The molecule has 4 rings (SSSR count). The van der Waals surface area contributed by atoms with E-state index in [0.717, 1.165) is 42.9 Å². The van der Waals surface area contributed by atoms with Gasteiger partial charge in [0, 0.05) is 13.5 Å². The lowest BCUT2D eigenvalue weighted by atomic mass is 9.91. The molecule has 0 radical (unpaired) electrons. The molecule has 2 aliphatic heterocycles. The van der Waals surface area contributed by atoms with Gasteiger partial charge < -0.3 is 15.7 Å². The molecule has 1 amide bonds. The molecule has 7 heteroatoms. The number of aliphatic hydroxyl groups is 1. The maximum absolute atomic E-state index is 13.0. The highest BCUT2D eigenvalue weighted by Crippen LogP contribution is 2.28. The summed E-state index contributed by atoms with van der Waals surface area (Å²) in [7, 11) is 1.79. The second-order valence-corrected chi connectivity index (χ2v) is 7.85. The standard InChI is InChI=1S/C20H28N4O3/c1-23-18-14(6-5-13-9-11-21-12-10-13)3-2-4-15(18)24(20(23)27)16-7-8-17(25)22-19(16)26/h2-4,13,16,19,21,26H,5-12H2,1H3,(H,22,25).